The quantitative estimate of drug-likeness (QED) is 0.597. The van der Waals surface area contributed by atoms with Crippen molar-refractivity contribution in [2.45, 2.75) is 45.7 Å². The number of piperidine rings is 1. The van der Waals surface area contributed by atoms with Crippen molar-refractivity contribution in [3.8, 4) is 0 Å². The summed E-state index contributed by atoms with van der Waals surface area (Å²) in [7, 11) is 0. The van der Waals surface area contributed by atoms with E-state index in [1.165, 1.54) is 40.6 Å². The van der Waals surface area contributed by atoms with Gasteiger partial charge in [0.2, 0.25) is 5.91 Å². The molecule has 2 saturated heterocycles. The molecule has 31 heavy (non-hydrogen) atoms. The van der Waals surface area contributed by atoms with Crippen LogP contribution in [0.3, 0.4) is 0 Å². The van der Waals surface area contributed by atoms with Gasteiger partial charge >= 0.3 is 0 Å². The number of hydrogen-bond acceptors (Lipinski definition) is 2. The van der Waals surface area contributed by atoms with Crippen LogP contribution in [0.15, 0.2) is 54.6 Å². The Hall–Kier alpha value is -2.59. The molecule has 0 atom stereocenters. The molecule has 3 aromatic rings. The molecule has 3 heterocycles. The molecule has 0 aliphatic carbocycles. The second-order valence-electron chi connectivity index (χ2n) is 9.35. The van der Waals surface area contributed by atoms with Crippen molar-refractivity contribution in [3.63, 3.8) is 0 Å². The van der Waals surface area contributed by atoms with Crippen molar-refractivity contribution in [2.75, 3.05) is 26.2 Å². The molecule has 0 saturated carbocycles. The highest BCUT2D eigenvalue weighted by Crippen LogP contribution is 2.26. The van der Waals surface area contributed by atoms with Crippen molar-refractivity contribution in [2.24, 2.45) is 5.92 Å². The maximum absolute atomic E-state index is 12.8. The van der Waals surface area contributed by atoms with Crippen LogP contribution in [0, 0.1) is 12.8 Å². The number of hydrogen-bond donors (Lipinski definition) is 0. The lowest BCUT2D eigenvalue weighted by molar-refractivity contribution is -0.136. The van der Waals surface area contributed by atoms with E-state index >= 15 is 0 Å². The Balaban J connectivity index is 1.31. The highest BCUT2D eigenvalue weighted by atomic mass is 16.2. The minimum Gasteiger partial charge on any atom is -0.342 e. The van der Waals surface area contributed by atoms with Gasteiger partial charge in [-0.2, -0.15) is 0 Å². The van der Waals surface area contributed by atoms with Gasteiger partial charge in [-0.05, 0) is 68.8 Å². The van der Waals surface area contributed by atoms with Gasteiger partial charge in [-0.15, -0.1) is 0 Å². The van der Waals surface area contributed by atoms with E-state index in [1.54, 1.807) is 0 Å². The SMILES string of the molecule is Cc1cccc(Cn2c(CN3CCC(C(=O)N4CCCC4)CC3)cc3ccccc32)c1. The van der Waals surface area contributed by atoms with E-state index in [2.05, 4.69) is 75.9 Å². The van der Waals surface area contributed by atoms with E-state index in [0.717, 1.165) is 52.1 Å². The Kier molecular flexibility index (Phi) is 5.82. The highest BCUT2D eigenvalue weighted by Gasteiger charge is 2.30. The largest absolute Gasteiger partial charge is 0.342 e. The van der Waals surface area contributed by atoms with Gasteiger partial charge in [-0.3, -0.25) is 9.69 Å². The third-order valence-corrected chi connectivity index (χ3v) is 7.06. The Morgan fingerprint density at radius 2 is 1.68 bits per heavy atom. The van der Waals surface area contributed by atoms with Crippen LogP contribution in [-0.2, 0) is 17.9 Å². The zero-order valence-electron chi connectivity index (χ0n) is 18.6. The first-order valence-electron chi connectivity index (χ1n) is 11.8. The molecular weight excluding hydrogens is 382 g/mol. The van der Waals surface area contributed by atoms with Crippen LogP contribution in [0.2, 0.25) is 0 Å². The van der Waals surface area contributed by atoms with Crippen molar-refractivity contribution in [1.29, 1.82) is 0 Å². The molecule has 2 aliphatic rings. The third-order valence-electron chi connectivity index (χ3n) is 7.06. The molecule has 0 unspecified atom stereocenters. The fourth-order valence-electron chi connectivity index (χ4n) is 5.34. The maximum Gasteiger partial charge on any atom is 0.225 e. The zero-order valence-corrected chi connectivity index (χ0v) is 18.6. The van der Waals surface area contributed by atoms with Gasteiger partial charge in [0.05, 0.1) is 0 Å². The Morgan fingerprint density at radius 1 is 0.903 bits per heavy atom. The van der Waals surface area contributed by atoms with E-state index in [-0.39, 0.29) is 5.92 Å². The van der Waals surface area contributed by atoms with Crippen molar-refractivity contribution in [1.82, 2.24) is 14.4 Å². The maximum atomic E-state index is 12.8. The molecule has 4 nitrogen and oxygen atoms in total. The summed E-state index contributed by atoms with van der Waals surface area (Å²) >= 11 is 0. The summed E-state index contributed by atoms with van der Waals surface area (Å²) in [5.41, 5.74) is 5.32. The van der Waals surface area contributed by atoms with Gasteiger partial charge in [0, 0.05) is 43.3 Å². The minimum absolute atomic E-state index is 0.229. The summed E-state index contributed by atoms with van der Waals surface area (Å²) in [4.78, 5) is 17.4. The molecular formula is C27H33N3O. The fourth-order valence-corrected chi connectivity index (χ4v) is 5.34. The number of aromatic nitrogens is 1. The number of rotatable bonds is 5. The van der Waals surface area contributed by atoms with Gasteiger partial charge in [0.25, 0.3) is 0 Å². The second kappa shape index (κ2) is 8.88. The van der Waals surface area contributed by atoms with Crippen LogP contribution < -0.4 is 0 Å². The first-order chi connectivity index (χ1) is 15.2. The normalized spacial score (nSPS) is 18.2. The number of likely N-dealkylation sites (tertiary alicyclic amines) is 2. The first-order valence-corrected chi connectivity index (χ1v) is 11.8. The number of carbonyl (C=O) groups excluding carboxylic acids is 1. The van der Waals surface area contributed by atoms with Crippen LogP contribution in [0.25, 0.3) is 10.9 Å². The summed E-state index contributed by atoms with van der Waals surface area (Å²) in [6.07, 6.45) is 4.34. The van der Waals surface area contributed by atoms with E-state index in [9.17, 15) is 4.79 Å². The molecule has 1 amide bonds. The molecule has 162 valence electrons. The van der Waals surface area contributed by atoms with Crippen LogP contribution in [0.1, 0.15) is 42.5 Å². The van der Waals surface area contributed by atoms with Crippen molar-refractivity contribution in [3.05, 3.63) is 71.4 Å². The van der Waals surface area contributed by atoms with Crippen LogP contribution in [0.4, 0.5) is 0 Å². The number of fused-ring (bicyclic) bond motifs is 1. The van der Waals surface area contributed by atoms with E-state index in [1.807, 2.05) is 0 Å². The summed E-state index contributed by atoms with van der Waals surface area (Å²) < 4.78 is 2.48. The van der Waals surface area contributed by atoms with Gasteiger partial charge in [0.15, 0.2) is 0 Å². The van der Waals surface area contributed by atoms with E-state index in [4.69, 9.17) is 0 Å². The Morgan fingerprint density at radius 3 is 2.45 bits per heavy atom. The highest BCUT2D eigenvalue weighted by molar-refractivity contribution is 5.81. The monoisotopic (exact) mass is 415 g/mol. The molecule has 4 heteroatoms. The topological polar surface area (TPSA) is 28.5 Å². The molecule has 2 aromatic carbocycles. The second-order valence-corrected chi connectivity index (χ2v) is 9.35. The predicted octanol–water partition coefficient (Wildman–Crippen LogP) is 4.83. The lowest BCUT2D eigenvalue weighted by Crippen LogP contribution is -2.41. The van der Waals surface area contributed by atoms with Crippen molar-refractivity contribution < 1.29 is 4.79 Å². The predicted molar refractivity (Wildman–Crippen MR) is 126 cm³/mol. The summed E-state index contributed by atoms with van der Waals surface area (Å²) in [5, 5.41) is 1.31. The minimum atomic E-state index is 0.229. The molecule has 0 N–H and O–H groups in total. The van der Waals surface area contributed by atoms with Gasteiger partial charge in [-0.25, -0.2) is 0 Å². The molecule has 0 bridgehead atoms. The summed E-state index contributed by atoms with van der Waals surface area (Å²) in [5.74, 6) is 0.637. The fraction of sp³-hybridized carbons (Fsp3) is 0.444. The molecule has 0 spiro atoms. The molecule has 2 aliphatic heterocycles. The summed E-state index contributed by atoms with van der Waals surface area (Å²) in [6, 6.07) is 19.9. The van der Waals surface area contributed by atoms with Gasteiger partial charge < -0.3 is 9.47 Å². The number of carbonyl (C=O) groups is 1. The average Bonchev–Trinajstić information content (AvgIpc) is 3.43. The number of amides is 1. The number of aryl methyl sites for hydroxylation is 1. The van der Waals surface area contributed by atoms with Crippen LogP contribution in [0.5, 0.6) is 0 Å². The number of nitrogens with zero attached hydrogens (tertiary/aromatic N) is 3. The van der Waals surface area contributed by atoms with Crippen LogP contribution in [-0.4, -0.2) is 46.5 Å². The number of para-hydroxylation sites is 1. The van der Waals surface area contributed by atoms with E-state index in [0.29, 0.717) is 5.91 Å². The third kappa shape index (κ3) is 4.40. The number of benzene rings is 2. The molecule has 0 radical (unpaired) electrons. The van der Waals surface area contributed by atoms with Crippen molar-refractivity contribution >= 4 is 16.8 Å². The first kappa shape index (κ1) is 20.3. The Bertz CT molecular complexity index is 1060. The van der Waals surface area contributed by atoms with Crippen LogP contribution >= 0.6 is 0 Å². The smallest absolute Gasteiger partial charge is 0.225 e. The zero-order chi connectivity index (χ0) is 21.2. The average molecular weight is 416 g/mol. The lowest BCUT2D eigenvalue weighted by Gasteiger charge is -2.33. The van der Waals surface area contributed by atoms with E-state index < -0.39 is 0 Å². The standard InChI is InChI=1S/C27H33N3O/c1-21-7-6-8-22(17-21)19-30-25(18-24-9-2-3-10-26(24)30)20-28-15-11-23(12-16-28)27(31)29-13-4-5-14-29/h2-3,6-10,17-18,23H,4-5,11-16,19-20H2,1H3. The molecule has 5 rings (SSSR count). The molecule has 2 fully saturated rings. The van der Waals surface area contributed by atoms with Gasteiger partial charge in [0.1, 0.15) is 0 Å². The lowest BCUT2D eigenvalue weighted by atomic mass is 9.95. The molecule has 1 aromatic heterocycles. The summed E-state index contributed by atoms with van der Waals surface area (Å²) in [6.45, 7) is 7.97. The van der Waals surface area contributed by atoms with Gasteiger partial charge in [-0.1, -0.05) is 48.0 Å². The Labute approximate surface area is 185 Å².